The molecule has 0 saturated carbocycles. The van der Waals surface area contributed by atoms with Crippen LogP contribution in [-0.4, -0.2) is 22.4 Å². The highest BCUT2D eigenvalue weighted by atomic mass is 16.5. The fourth-order valence-electron chi connectivity index (χ4n) is 1.46. The Bertz CT molecular complexity index is 479. The Hall–Kier alpha value is -2.17. The average Bonchev–Trinajstić information content (AvgIpc) is 2.64. The summed E-state index contributed by atoms with van der Waals surface area (Å²) in [5.74, 6) is 1.07. The lowest BCUT2D eigenvalue weighted by molar-refractivity contribution is 0.410. The molecule has 0 amide bonds. The van der Waals surface area contributed by atoms with Crippen LogP contribution in [0.2, 0.25) is 0 Å². The van der Waals surface area contributed by atoms with E-state index in [4.69, 9.17) is 10.5 Å². The second-order valence-corrected chi connectivity index (χ2v) is 3.05. The summed E-state index contributed by atoms with van der Waals surface area (Å²) >= 11 is 0. The third-order valence-electron chi connectivity index (χ3n) is 2.16. The number of nitrogen functional groups attached to an aromatic ring is 1. The van der Waals surface area contributed by atoms with Crippen LogP contribution < -0.4 is 10.5 Å². The third-order valence-corrected chi connectivity index (χ3v) is 2.16. The molecule has 0 radical (unpaired) electrons. The quantitative estimate of drug-likeness (QED) is 0.691. The first-order valence-electron chi connectivity index (χ1n) is 4.39. The Kier molecular flexibility index (Phi) is 2.21. The lowest BCUT2D eigenvalue weighted by Crippen LogP contribution is -1.91. The molecule has 2 aromatic rings. The Morgan fingerprint density at radius 2 is 2.27 bits per heavy atom. The molecule has 1 aromatic heterocycles. The Balaban J connectivity index is 2.66. The monoisotopic (exact) mass is 205 g/mol. The summed E-state index contributed by atoms with van der Waals surface area (Å²) in [4.78, 5) is 0. The van der Waals surface area contributed by atoms with Crippen molar-refractivity contribution in [3.05, 3.63) is 24.4 Å². The zero-order chi connectivity index (χ0) is 10.8. The van der Waals surface area contributed by atoms with Gasteiger partial charge in [-0.3, -0.25) is 5.10 Å². The van der Waals surface area contributed by atoms with Gasteiger partial charge in [0.15, 0.2) is 0 Å². The first-order valence-corrected chi connectivity index (χ1v) is 4.39. The number of phenols is 1. The number of anilines is 1. The maximum Gasteiger partial charge on any atom is 0.130 e. The van der Waals surface area contributed by atoms with Gasteiger partial charge in [0.2, 0.25) is 0 Å². The van der Waals surface area contributed by atoms with Gasteiger partial charge in [-0.05, 0) is 12.1 Å². The van der Waals surface area contributed by atoms with Gasteiger partial charge in [0.1, 0.15) is 17.3 Å². The van der Waals surface area contributed by atoms with Crippen LogP contribution in [0, 0.1) is 0 Å². The van der Waals surface area contributed by atoms with E-state index in [2.05, 4.69) is 10.2 Å². The lowest BCUT2D eigenvalue weighted by atomic mass is 10.1. The van der Waals surface area contributed by atoms with Crippen molar-refractivity contribution in [2.75, 3.05) is 12.8 Å². The van der Waals surface area contributed by atoms with Crippen LogP contribution >= 0.6 is 0 Å². The summed E-state index contributed by atoms with van der Waals surface area (Å²) in [6.45, 7) is 0. The molecule has 2 rings (SSSR count). The number of aromatic hydroxyl groups is 1. The summed E-state index contributed by atoms with van der Waals surface area (Å²) in [6.07, 6.45) is 1.55. The van der Waals surface area contributed by atoms with Crippen molar-refractivity contribution < 1.29 is 9.84 Å². The minimum Gasteiger partial charge on any atom is -0.507 e. The molecule has 0 aliphatic carbocycles. The second-order valence-electron chi connectivity index (χ2n) is 3.05. The van der Waals surface area contributed by atoms with Gasteiger partial charge < -0.3 is 15.6 Å². The Morgan fingerprint density at radius 1 is 1.47 bits per heavy atom. The molecular formula is C10H11N3O2. The van der Waals surface area contributed by atoms with Crippen molar-refractivity contribution in [3.63, 3.8) is 0 Å². The molecule has 5 nitrogen and oxygen atoms in total. The van der Waals surface area contributed by atoms with Gasteiger partial charge in [-0.2, -0.15) is 5.10 Å². The largest absolute Gasteiger partial charge is 0.507 e. The number of nitrogens with one attached hydrogen (secondary N) is 1. The Morgan fingerprint density at radius 3 is 2.87 bits per heavy atom. The molecule has 0 saturated heterocycles. The van der Waals surface area contributed by atoms with E-state index in [0.717, 1.165) is 0 Å². The summed E-state index contributed by atoms with van der Waals surface area (Å²) in [7, 11) is 1.54. The maximum atomic E-state index is 9.74. The van der Waals surface area contributed by atoms with E-state index in [1.807, 2.05) is 0 Å². The van der Waals surface area contributed by atoms with E-state index in [1.54, 1.807) is 24.4 Å². The van der Waals surface area contributed by atoms with Crippen LogP contribution in [-0.2, 0) is 0 Å². The van der Waals surface area contributed by atoms with Gasteiger partial charge >= 0.3 is 0 Å². The molecular weight excluding hydrogens is 194 g/mol. The zero-order valence-electron chi connectivity index (χ0n) is 8.19. The highest BCUT2D eigenvalue weighted by molar-refractivity contribution is 5.82. The minimum absolute atomic E-state index is 0.113. The molecule has 0 unspecified atom stereocenters. The van der Waals surface area contributed by atoms with Gasteiger partial charge in [-0.25, -0.2) is 0 Å². The van der Waals surface area contributed by atoms with E-state index < -0.39 is 0 Å². The number of rotatable bonds is 2. The number of methoxy groups -OCH3 is 1. The second kappa shape index (κ2) is 3.53. The van der Waals surface area contributed by atoms with Crippen LogP contribution in [0.25, 0.3) is 11.1 Å². The van der Waals surface area contributed by atoms with Crippen LogP contribution in [0.1, 0.15) is 0 Å². The lowest BCUT2D eigenvalue weighted by Gasteiger charge is -2.08. The number of H-pyrrole nitrogens is 1. The first kappa shape index (κ1) is 9.39. The van der Waals surface area contributed by atoms with Crippen molar-refractivity contribution in [2.45, 2.75) is 0 Å². The summed E-state index contributed by atoms with van der Waals surface area (Å²) < 4.78 is 5.15. The maximum absolute atomic E-state index is 9.74. The molecule has 15 heavy (non-hydrogen) atoms. The van der Waals surface area contributed by atoms with Crippen molar-refractivity contribution in [3.8, 4) is 22.6 Å². The number of aromatic nitrogens is 2. The number of hydrogen-bond acceptors (Lipinski definition) is 4. The molecule has 0 aliphatic heterocycles. The van der Waals surface area contributed by atoms with Crippen LogP contribution in [0.5, 0.6) is 11.5 Å². The molecule has 0 aliphatic rings. The van der Waals surface area contributed by atoms with E-state index in [1.165, 1.54) is 7.11 Å². The smallest absolute Gasteiger partial charge is 0.130 e. The highest BCUT2D eigenvalue weighted by Crippen LogP contribution is 2.39. The number of phenolic OH excluding ortho intramolecular Hbond substituents is 1. The van der Waals surface area contributed by atoms with E-state index in [-0.39, 0.29) is 5.75 Å². The van der Waals surface area contributed by atoms with Crippen molar-refractivity contribution in [1.82, 2.24) is 10.2 Å². The van der Waals surface area contributed by atoms with Crippen LogP contribution in [0.15, 0.2) is 24.4 Å². The number of aromatic amines is 1. The highest BCUT2D eigenvalue weighted by Gasteiger charge is 2.14. The number of nitrogens with zero attached hydrogens (tertiary/aromatic N) is 1. The minimum atomic E-state index is 0.113. The number of benzene rings is 1. The van der Waals surface area contributed by atoms with E-state index >= 15 is 0 Å². The first-order chi connectivity index (χ1) is 7.24. The number of ether oxygens (including phenoxy) is 1. The fourth-order valence-corrected chi connectivity index (χ4v) is 1.46. The summed E-state index contributed by atoms with van der Waals surface area (Å²) in [5, 5.41) is 16.1. The molecule has 5 heteroatoms. The van der Waals surface area contributed by atoms with Crippen molar-refractivity contribution >= 4 is 5.82 Å². The SMILES string of the molecule is COc1cccc(O)c1-c1cn[nH]c1N. The van der Waals surface area contributed by atoms with Gasteiger partial charge in [-0.15, -0.1) is 0 Å². The van der Waals surface area contributed by atoms with Gasteiger partial charge in [0, 0.05) is 0 Å². The normalized spacial score (nSPS) is 10.2. The molecule has 0 bridgehead atoms. The Labute approximate surface area is 86.5 Å². The zero-order valence-corrected chi connectivity index (χ0v) is 8.19. The van der Waals surface area contributed by atoms with E-state index in [9.17, 15) is 5.11 Å². The summed E-state index contributed by atoms with van der Waals surface area (Å²) in [6, 6.07) is 5.03. The number of nitrogens with two attached hydrogens (primary N) is 1. The van der Waals surface area contributed by atoms with Crippen molar-refractivity contribution in [2.24, 2.45) is 0 Å². The van der Waals surface area contributed by atoms with Crippen molar-refractivity contribution in [1.29, 1.82) is 0 Å². The molecule has 1 heterocycles. The van der Waals surface area contributed by atoms with E-state index in [0.29, 0.717) is 22.7 Å². The van der Waals surface area contributed by atoms with Crippen LogP contribution in [0.3, 0.4) is 0 Å². The topological polar surface area (TPSA) is 84.2 Å². The molecule has 0 atom stereocenters. The molecule has 0 spiro atoms. The summed E-state index contributed by atoms with van der Waals surface area (Å²) in [5.41, 5.74) is 6.86. The molecule has 4 N–H and O–H groups in total. The number of hydrogen-bond donors (Lipinski definition) is 3. The molecule has 1 aromatic carbocycles. The molecule has 78 valence electrons. The third kappa shape index (κ3) is 1.48. The fraction of sp³-hybridized carbons (Fsp3) is 0.100. The average molecular weight is 205 g/mol. The predicted octanol–water partition coefficient (Wildman–Crippen LogP) is 1.37. The van der Waals surface area contributed by atoms with Gasteiger partial charge in [-0.1, -0.05) is 6.07 Å². The molecule has 0 fully saturated rings. The van der Waals surface area contributed by atoms with Crippen LogP contribution in [0.4, 0.5) is 5.82 Å². The van der Waals surface area contributed by atoms with Gasteiger partial charge in [0.25, 0.3) is 0 Å². The predicted molar refractivity (Wildman–Crippen MR) is 56.7 cm³/mol. The van der Waals surface area contributed by atoms with Gasteiger partial charge in [0.05, 0.1) is 24.4 Å². The standard InChI is InChI=1S/C10H11N3O2/c1-15-8-4-2-3-7(14)9(8)6-5-12-13-10(6)11/h2-5,14H,1H3,(H3,11,12,13).